The Hall–Kier alpha value is -0.790. The quantitative estimate of drug-likeness (QED) is 0.0541. The summed E-state index contributed by atoms with van der Waals surface area (Å²) < 4.78 is 5.65. The van der Waals surface area contributed by atoms with Crippen molar-refractivity contribution in [1.82, 2.24) is 0 Å². The summed E-state index contributed by atoms with van der Waals surface area (Å²) in [6.45, 7) is 15.5. The lowest BCUT2D eigenvalue weighted by Crippen LogP contribution is -2.21. The van der Waals surface area contributed by atoms with Crippen LogP contribution in [0.15, 0.2) is 12.2 Å². The van der Waals surface area contributed by atoms with E-state index >= 15 is 0 Å². The Kier molecular flexibility index (Phi) is 27.2. The van der Waals surface area contributed by atoms with Gasteiger partial charge < -0.3 is 4.74 Å². The fourth-order valence-corrected chi connectivity index (χ4v) is 5.65. The third kappa shape index (κ3) is 24.3. The summed E-state index contributed by atoms with van der Waals surface area (Å²) in [4.78, 5) is 12.0. The SMILES string of the molecule is C=C(C)C(=O)OCC(CCC(C)CCCCCCCCCCCC)C(C)CCCCCCCCCCCC. The molecule has 2 nitrogen and oxygen atoms in total. The van der Waals surface area contributed by atoms with Crippen molar-refractivity contribution >= 4 is 5.97 Å². The van der Waals surface area contributed by atoms with Crippen molar-refractivity contribution in [3.8, 4) is 0 Å². The van der Waals surface area contributed by atoms with E-state index in [-0.39, 0.29) is 5.97 Å². The minimum absolute atomic E-state index is 0.223. The van der Waals surface area contributed by atoms with Gasteiger partial charge in [-0.3, -0.25) is 0 Å². The molecule has 0 radical (unpaired) electrons. The summed E-state index contributed by atoms with van der Waals surface area (Å²) in [5, 5.41) is 0. The van der Waals surface area contributed by atoms with Gasteiger partial charge in [0.15, 0.2) is 0 Å². The van der Waals surface area contributed by atoms with E-state index in [0.717, 1.165) is 5.92 Å². The number of carbonyl (C=O) groups is 1. The number of hydrogen-bond acceptors (Lipinski definition) is 2. The van der Waals surface area contributed by atoms with Crippen LogP contribution < -0.4 is 0 Å². The lowest BCUT2D eigenvalue weighted by Gasteiger charge is -2.25. The Morgan fingerprint density at radius 1 is 0.579 bits per heavy atom. The zero-order valence-corrected chi connectivity index (χ0v) is 26.9. The van der Waals surface area contributed by atoms with Crippen molar-refractivity contribution in [1.29, 1.82) is 0 Å². The molecule has 3 unspecified atom stereocenters. The van der Waals surface area contributed by atoms with Crippen LogP contribution in [0.5, 0.6) is 0 Å². The molecule has 3 atom stereocenters. The zero-order chi connectivity index (χ0) is 28.3. The van der Waals surface area contributed by atoms with Crippen molar-refractivity contribution in [3.05, 3.63) is 12.2 Å². The van der Waals surface area contributed by atoms with E-state index in [9.17, 15) is 4.79 Å². The number of carbonyl (C=O) groups excluding carboxylic acids is 1. The van der Waals surface area contributed by atoms with Crippen LogP contribution in [-0.4, -0.2) is 12.6 Å². The molecule has 0 aromatic rings. The molecular weight excluding hydrogens is 464 g/mol. The predicted molar refractivity (Wildman–Crippen MR) is 170 cm³/mol. The number of rotatable bonds is 29. The molecule has 0 aliphatic rings. The standard InChI is InChI=1S/C36H70O2/c1-7-9-11-13-15-17-19-21-23-25-27-33(5)29-30-35(31-38-36(37)32(3)4)34(6)28-26-24-22-20-18-16-14-12-10-8-2/h33-35H,3,7-31H2,1-2,4-6H3. The lowest BCUT2D eigenvalue weighted by molar-refractivity contribution is -0.141. The molecule has 0 saturated heterocycles. The Bertz CT molecular complexity index is 525. The van der Waals surface area contributed by atoms with Crippen LogP contribution in [0.3, 0.4) is 0 Å². The van der Waals surface area contributed by atoms with Gasteiger partial charge in [-0.2, -0.15) is 0 Å². The van der Waals surface area contributed by atoms with E-state index in [4.69, 9.17) is 4.74 Å². The van der Waals surface area contributed by atoms with Crippen LogP contribution in [0.2, 0.25) is 0 Å². The second kappa shape index (κ2) is 27.8. The second-order valence-corrected chi connectivity index (χ2v) is 12.7. The second-order valence-electron chi connectivity index (χ2n) is 12.7. The number of unbranched alkanes of at least 4 members (excludes halogenated alkanes) is 18. The van der Waals surface area contributed by atoms with Crippen molar-refractivity contribution in [3.63, 3.8) is 0 Å². The molecule has 226 valence electrons. The number of esters is 1. The summed E-state index contributed by atoms with van der Waals surface area (Å²) in [5.41, 5.74) is 0.514. The van der Waals surface area contributed by atoms with E-state index in [1.54, 1.807) is 6.92 Å². The molecule has 0 N–H and O–H groups in total. The van der Waals surface area contributed by atoms with Crippen LogP contribution in [0, 0.1) is 17.8 Å². The molecule has 0 aliphatic heterocycles. The van der Waals surface area contributed by atoms with Gasteiger partial charge in [-0.25, -0.2) is 4.79 Å². The summed E-state index contributed by atoms with van der Waals surface area (Å²) in [5.74, 6) is 1.64. The zero-order valence-electron chi connectivity index (χ0n) is 26.9. The molecule has 0 saturated carbocycles. The van der Waals surface area contributed by atoms with E-state index in [2.05, 4.69) is 34.3 Å². The molecule has 0 aromatic heterocycles. The van der Waals surface area contributed by atoms with E-state index in [1.165, 1.54) is 154 Å². The largest absolute Gasteiger partial charge is 0.462 e. The van der Waals surface area contributed by atoms with Crippen LogP contribution in [-0.2, 0) is 9.53 Å². The summed E-state index contributed by atoms with van der Waals surface area (Å²) in [6, 6.07) is 0. The molecule has 0 bridgehead atoms. The first kappa shape index (κ1) is 37.2. The Balaban J connectivity index is 4.14. The smallest absolute Gasteiger partial charge is 0.333 e. The Morgan fingerprint density at radius 2 is 0.974 bits per heavy atom. The molecule has 0 amide bonds. The van der Waals surface area contributed by atoms with Crippen LogP contribution >= 0.6 is 0 Å². The van der Waals surface area contributed by atoms with Gasteiger partial charge in [0.05, 0.1) is 6.61 Å². The van der Waals surface area contributed by atoms with Crippen molar-refractivity contribution in [2.45, 2.75) is 189 Å². The van der Waals surface area contributed by atoms with Gasteiger partial charge in [0.25, 0.3) is 0 Å². The third-order valence-corrected chi connectivity index (χ3v) is 8.68. The van der Waals surface area contributed by atoms with E-state index in [1.807, 2.05) is 0 Å². The van der Waals surface area contributed by atoms with Crippen LogP contribution in [0.25, 0.3) is 0 Å². The van der Waals surface area contributed by atoms with Gasteiger partial charge in [0.1, 0.15) is 0 Å². The molecule has 0 aromatic carbocycles. The first-order chi connectivity index (χ1) is 18.4. The van der Waals surface area contributed by atoms with Crippen molar-refractivity contribution in [2.24, 2.45) is 17.8 Å². The number of hydrogen-bond donors (Lipinski definition) is 0. The first-order valence-corrected chi connectivity index (χ1v) is 17.2. The normalized spacial score (nSPS) is 13.8. The number of ether oxygens (including phenoxy) is 1. The van der Waals surface area contributed by atoms with Gasteiger partial charge in [-0.1, -0.05) is 182 Å². The monoisotopic (exact) mass is 535 g/mol. The van der Waals surface area contributed by atoms with Crippen molar-refractivity contribution < 1.29 is 9.53 Å². The molecule has 0 fully saturated rings. The summed E-state index contributed by atoms with van der Waals surface area (Å²) >= 11 is 0. The highest BCUT2D eigenvalue weighted by Gasteiger charge is 2.20. The van der Waals surface area contributed by atoms with Crippen LogP contribution in [0.1, 0.15) is 189 Å². The van der Waals surface area contributed by atoms with Gasteiger partial charge in [0, 0.05) is 5.57 Å². The van der Waals surface area contributed by atoms with E-state index < -0.39 is 0 Å². The van der Waals surface area contributed by atoms with Gasteiger partial charge in [0.2, 0.25) is 0 Å². The highest BCUT2D eigenvalue weighted by Crippen LogP contribution is 2.27. The van der Waals surface area contributed by atoms with E-state index in [0.29, 0.717) is 24.0 Å². The molecule has 0 rings (SSSR count). The molecule has 0 heterocycles. The summed E-state index contributed by atoms with van der Waals surface area (Å²) in [6.07, 6.45) is 33.0. The first-order valence-electron chi connectivity index (χ1n) is 17.2. The third-order valence-electron chi connectivity index (χ3n) is 8.68. The van der Waals surface area contributed by atoms with Crippen molar-refractivity contribution in [2.75, 3.05) is 6.61 Å². The Morgan fingerprint density at radius 3 is 1.39 bits per heavy atom. The van der Waals surface area contributed by atoms with Gasteiger partial charge >= 0.3 is 5.97 Å². The molecule has 38 heavy (non-hydrogen) atoms. The maximum Gasteiger partial charge on any atom is 0.333 e. The highest BCUT2D eigenvalue weighted by atomic mass is 16.5. The topological polar surface area (TPSA) is 26.3 Å². The minimum atomic E-state index is -0.223. The Labute approximate surface area is 240 Å². The van der Waals surface area contributed by atoms with Crippen LogP contribution in [0.4, 0.5) is 0 Å². The maximum atomic E-state index is 12.0. The molecule has 2 heteroatoms. The average Bonchev–Trinajstić information content (AvgIpc) is 2.90. The van der Waals surface area contributed by atoms with Gasteiger partial charge in [-0.05, 0) is 31.1 Å². The molecule has 0 spiro atoms. The minimum Gasteiger partial charge on any atom is -0.462 e. The predicted octanol–water partition coefficient (Wildman–Crippen LogP) is 12.4. The maximum absolute atomic E-state index is 12.0. The fraction of sp³-hybridized carbons (Fsp3) is 0.917. The van der Waals surface area contributed by atoms with Gasteiger partial charge in [-0.15, -0.1) is 0 Å². The lowest BCUT2D eigenvalue weighted by atomic mass is 9.83. The fourth-order valence-electron chi connectivity index (χ4n) is 5.65. The highest BCUT2D eigenvalue weighted by molar-refractivity contribution is 5.86. The molecule has 0 aliphatic carbocycles. The average molecular weight is 535 g/mol. The summed E-state index contributed by atoms with van der Waals surface area (Å²) in [7, 11) is 0. The molecular formula is C36H70O2.